The molecule has 0 amide bonds. The van der Waals surface area contributed by atoms with Gasteiger partial charge in [-0.25, -0.2) is 0 Å². The molecule has 1 heterocycles. The molecule has 1 rings (SSSR count). The van der Waals surface area contributed by atoms with Crippen LogP contribution in [-0.4, -0.2) is 9.78 Å². The first-order chi connectivity index (χ1) is 3.70. The van der Waals surface area contributed by atoms with E-state index in [-0.39, 0.29) is 7.43 Å². The van der Waals surface area contributed by atoms with E-state index in [4.69, 9.17) is 0 Å². The minimum absolute atomic E-state index is 0. The van der Waals surface area contributed by atoms with Crippen LogP contribution in [0, 0.1) is 13.8 Å². The Hall–Kier alpha value is -0.790. The predicted molar refractivity (Wildman–Crippen MR) is 39.4 cm³/mol. The summed E-state index contributed by atoms with van der Waals surface area (Å²) in [5.41, 5.74) is 2.38. The first kappa shape index (κ1) is 8.21. The number of hydrogen-bond acceptors (Lipinski definition) is 1. The van der Waals surface area contributed by atoms with Crippen LogP contribution in [0.5, 0.6) is 0 Å². The predicted octanol–water partition coefficient (Wildman–Crippen LogP) is 1.67. The average molecular weight is 126 g/mol. The Balaban J connectivity index is 0.000000640. The minimum Gasteiger partial charge on any atom is -0.275 e. The number of aryl methyl sites for hydroxylation is 3. The van der Waals surface area contributed by atoms with Crippen molar-refractivity contribution in [3.05, 3.63) is 17.5 Å². The number of nitrogens with zero attached hydrogens (tertiary/aromatic N) is 2. The fraction of sp³-hybridized carbons (Fsp3) is 0.571. The highest BCUT2D eigenvalue weighted by atomic mass is 15.2. The molecular formula is C7H14N2. The van der Waals surface area contributed by atoms with E-state index in [1.807, 2.05) is 24.9 Å². The average Bonchev–Trinajstić information content (AvgIpc) is 1.85. The first-order valence-corrected chi connectivity index (χ1v) is 2.67. The molecule has 0 unspecified atom stereocenters. The van der Waals surface area contributed by atoms with Crippen molar-refractivity contribution in [2.75, 3.05) is 0 Å². The Kier molecular flexibility index (Phi) is 2.43. The first-order valence-electron chi connectivity index (χ1n) is 2.67. The van der Waals surface area contributed by atoms with Gasteiger partial charge in [-0.3, -0.25) is 4.68 Å². The van der Waals surface area contributed by atoms with Crippen molar-refractivity contribution in [1.29, 1.82) is 0 Å². The van der Waals surface area contributed by atoms with Crippen molar-refractivity contribution in [2.24, 2.45) is 7.05 Å². The Morgan fingerprint density at radius 2 is 2.00 bits per heavy atom. The van der Waals surface area contributed by atoms with Gasteiger partial charge in [0.25, 0.3) is 0 Å². The molecule has 9 heavy (non-hydrogen) atoms. The summed E-state index contributed by atoms with van der Waals surface area (Å²) in [7, 11) is 1.93. The maximum Gasteiger partial charge on any atom is 0.0622 e. The molecule has 52 valence electrons. The van der Waals surface area contributed by atoms with Gasteiger partial charge in [0.1, 0.15) is 0 Å². The number of rotatable bonds is 0. The smallest absolute Gasteiger partial charge is 0.0622 e. The lowest BCUT2D eigenvalue weighted by Crippen LogP contribution is -1.86. The molecule has 2 nitrogen and oxygen atoms in total. The van der Waals surface area contributed by atoms with E-state index in [1.54, 1.807) is 0 Å². The van der Waals surface area contributed by atoms with Crippen LogP contribution in [-0.2, 0) is 7.05 Å². The molecule has 0 aliphatic rings. The van der Waals surface area contributed by atoms with E-state index in [0.717, 1.165) is 5.69 Å². The van der Waals surface area contributed by atoms with Crippen LogP contribution >= 0.6 is 0 Å². The number of hydrogen-bond donors (Lipinski definition) is 0. The maximum absolute atomic E-state index is 4.13. The lowest BCUT2D eigenvalue weighted by Gasteiger charge is -1.79. The molecule has 0 saturated heterocycles. The zero-order valence-electron chi connectivity index (χ0n) is 5.47. The third kappa shape index (κ3) is 1.56. The van der Waals surface area contributed by atoms with Gasteiger partial charge in [0.15, 0.2) is 0 Å². The van der Waals surface area contributed by atoms with Gasteiger partial charge in [-0.1, -0.05) is 7.43 Å². The van der Waals surface area contributed by atoms with E-state index in [9.17, 15) is 0 Å². The van der Waals surface area contributed by atoms with Gasteiger partial charge < -0.3 is 0 Å². The quantitative estimate of drug-likeness (QED) is 0.517. The molecule has 0 aliphatic carbocycles. The summed E-state index contributed by atoms with van der Waals surface area (Å²) in [6.07, 6.45) is 2.01. The molecule has 0 aliphatic heterocycles. The van der Waals surface area contributed by atoms with Crippen LogP contribution in [0.4, 0.5) is 0 Å². The number of aromatic nitrogens is 2. The summed E-state index contributed by atoms with van der Waals surface area (Å²) < 4.78 is 1.82. The highest BCUT2D eigenvalue weighted by Crippen LogP contribution is 1.99. The highest BCUT2D eigenvalue weighted by Gasteiger charge is 1.92. The van der Waals surface area contributed by atoms with Crippen LogP contribution in [0.3, 0.4) is 0 Å². The molecular weight excluding hydrogens is 112 g/mol. The van der Waals surface area contributed by atoms with Crippen molar-refractivity contribution in [2.45, 2.75) is 21.3 Å². The molecule has 0 atom stereocenters. The Labute approximate surface area is 56.5 Å². The van der Waals surface area contributed by atoms with E-state index in [1.165, 1.54) is 5.56 Å². The Morgan fingerprint density at radius 3 is 2.11 bits per heavy atom. The molecule has 0 N–H and O–H groups in total. The van der Waals surface area contributed by atoms with Crippen molar-refractivity contribution >= 4 is 0 Å². The molecule has 1 aromatic rings. The van der Waals surface area contributed by atoms with Crippen LogP contribution in [0.15, 0.2) is 6.20 Å². The molecule has 1 aromatic heterocycles. The van der Waals surface area contributed by atoms with E-state index >= 15 is 0 Å². The third-order valence-electron chi connectivity index (χ3n) is 1.26. The van der Waals surface area contributed by atoms with Gasteiger partial charge >= 0.3 is 0 Å². The van der Waals surface area contributed by atoms with Crippen LogP contribution in [0.1, 0.15) is 18.7 Å². The molecule has 0 bridgehead atoms. The standard InChI is InChI=1S/C6H10N2.CH4/c1-5-4-8(3)7-6(5)2;/h4H,1-3H3;1H4. The summed E-state index contributed by atoms with van der Waals surface area (Å²) in [4.78, 5) is 0. The summed E-state index contributed by atoms with van der Waals surface area (Å²) in [6.45, 7) is 4.07. The molecule has 0 spiro atoms. The van der Waals surface area contributed by atoms with Crippen molar-refractivity contribution < 1.29 is 0 Å². The van der Waals surface area contributed by atoms with Crippen molar-refractivity contribution in [1.82, 2.24) is 9.78 Å². The van der Waals surface area contributed by atoms with Gasteiger partial charge in [-0.2, -0.15) is 5.10 Å². The summed E-state index contributed by atoms with van der Waals surface area (Å²) >= 11 is 0. The molecule has 2 heteroatoms. The molecule has 0 fully saturated rings. The van der Waals surface area contributed by atoms with Crippen LogP contribution < -0.4 is 0 Å². The van der Waals surface area contributed by atoms with Gasteiger partial charge in [0, 0.05) is 13.2 Å². The fourth-order valence-electron chi connectivity index (χ4n) is 0.718. The van der Waals surface area contributed by atoms with Crippen molar-refractivity contribution in [3.63, 3.8) is 0 Å². The molecule has 0 radical (unpaired) electrons. The maximum atomic E-state index is 4.13. The van der Waals surface area contributed by atoms with Gasteiger partial charge in [0.05, 0.1) is 5.69 Å². The van der Waals surface area contributed by atoms with Crippen LogP contribution in [0.2, 0.25) is 0 Å². The van der Waals surface area contributed by atoms with Gasteiger partial charge in [-0.15, -0.1) is 0 Å². The van der Waals surface area contributed by atoms with E-state index < -0.39 is 0 Å². The Morgan fingerprint density at radius 1 is 1.44 bits per heavy atom. The van der Waals surface area contributed by atoms with Gasteiger partial charge in [-0.05, 0) is 19.4 Å². The topological polar surface area (TPSA) is 17.8 Å². The monoisotopic (exact) mass is 126 g/mol. The zero-order valence-corrected chi connectivity index (χ0v) is 5.47. The SMILES string of the molecule is C.Cc1cn(C)nc1C. The summed E-state index contributed by atoms with van der Waals surface area (Å²) in [6, 6.07) is 0. The third-order valence-corrected chi connectivity index (χ3v) is 1.26. The second-order valence-corrected chi connectivity index (χ2v) is 2.07. The molecule has 0 saturated carbocycles. The largest absolute Gasteiger partial charge is 0.275 e. The van der Waals surface area contributed by atoms with E-state index in [2.05, 4.69) is 12.0 Å². The Bertz CT molecular complexity index is 169. The molecule has 0 aromatic carbocycles. The fourth-order valence-corrected chi connectivity index (χ4v) is 0.718. The lowest BCUT2D eigenvalue weighted by molar-refractivity contribution is 0.756. The lowest BCUT2D eigenvalue weighted by atomic mass is 10.3. The van der Waals surface area contributed by atoms with Crippen molar-refractivity contribution in [3.8, 4) is 0 Å². The zero-order chi connectivity index (χ0) is 6.15. The summed E-state index contributed by atoms with van der Waals surface area (Å²) in [5.74, 6) is 0. The minimum atomic E-state index is 0. The normalized spacial score (nSPS) is 8.78. The highest BCUT2D eigenvalue weighted by molar-refractivity contribution is 5.11. The van der Waals surface area contributed by atoms with E-state index in [0.29, 0.717) is 0 Å². The van der Waals surface area contributed by atoms with Gasteiger partial charge in [0.2, 0.25) is 0 Å². The van der Waals surface area contributed by atoms with Crippen LogP contribution in [0.25, 0.3) is 0 Å². The second-order valence-electron chi connectivity index (χ2n) is 2.07. The summed E-state index contributed by atoms with van der Waals surface area (Å²) in [5, 5.41) is 4.13. The second kappa shape index (κ2) is 2.67.